The molecule has 0 saturated carbocycles. The molecule has 0 bridgehead atoms. The van der Waals surface area contributed by atoms with Gasteiger partial charge >= 0.3 is 0 Å². The van der Waals surface area contributed by atoms with Crippen LogP contribution in [0, 0.1) is 0 Å². The van der Waals surface area contributed by atoms with E-state index < -0.39 is 0 Å². The van der Waals surface area contributed by atoms with Gasteiger partial charge in [-0.05, 0) is 130 Å². The Bertz CT molecular complexity index is 2070. The average molecular weight is 1070 g/mol. The number of hydrogen-bond donors (Lipinski definition) is 0. The third-order valence-electron chi connectivity index (χ3n) is 12.7. The zero-order valence-corrected chi connectivity index (χ0v) is 46.2. The molecule has 63 heavy (non-hydrogen) atoms. The van der Waals surface area contributed by atoms with Gasteiger partial charge in [0, 0.05) is 40.4 Å². The van der Waals surface area contributed by atoms with Gasteiger partial charge in [-0.15, -0.1) is 45.3 Å². The van der Waals surface area contributed by atoms with Crippen LogP contribution in [-0.4, -0.2) is 8.75 Å². The number of rotatable bonds is 32. The molecular formula is C54H74Br2N2S5. The van der Waals surface area contributed by atoms with Gasteiger partial charge in [0.1, 0.15) is 11.0 Å². The highest BCUT2D eigenvalue weighted by molar-refractivity contribution is 9.11. The summed E-state index contributed by atoms with van der Waals surface area (Å²) in [6.45, 7) is 9.24. The third-order valence-corrected chi connectivity index (χ3v) is 19.4. The summed E-state index contributed by atoms with van der Waals surface area (Å²) < 4.78 is 12.7. The first-order chi connectivity index (χ1) is 30.9. The van der Waals surface area contributed by atoms with Gasteiger partial charge in [-0.3, -0.25) is 0 Å². The highest BCUT2D eigenvalue weighted by Crippen LogP contribution is 2.49. The van der Waals surface area contributed by atoms with E-state index in [2.05, 4.69) is 96.0 Å². The molecule has 0 amide bonds. The largest absolute Gasteiger partial charge is 0.172 e. The van der Waals surface area contributed by atoms with Crippen LogP contribution < -0.4 is 0 Å². The van der Waals surface area contributed by atoms with Crippen molar-refractivity contribution in [3.05, 3.63) is 66.2 Å². The number of fused-ring (bicyclic) bond motifs is 1. The van der Waals surface area contributed by atoms with Crippen LogP contribution in [0.5, 0.6) is 0 Å². The van der Waals surface area contributed by atoms with E-state index in [-0.39, 0.29) is 0 Å². The molecule has 0 aliphatic carbocycles. The van der Waals surface area contributed by atoms with Crippen LogP contribution in [0.3, 0.4) is 0 Å². The molecule has 0 radical (unpaired) electrons. The molecule has 5 aromatic heterocycles. The highest BCUT2D eigenvalue weighted by atomic mass is 79.9. The molecule has 0 aliphatic heterocycles. The van der Waals surface area contributed by atoms with E-state index in [4.69, 9.17) is 8.75 Å². The zero-order chi connectivity index (χ0) is 44.2. The fourth-order valence-electron chi connectivity index (χ4n) is 9.07. The van der Waals surface area contributed by atoms with Crippen molar-refractivity contribution in [1.29, 1.82) is 0 Å². The molecule has 0 saturated heterocycles. The Morgan fingerprint density at radius 1 is 0.365 bits per heavy atom. The minimum atomic E-state index is 1.06. The SMILES string of the molecule is CCCCCCCCc1cc(Br)sc1-c1sc(-c2ccc(-c3cc(CCCCCCCC)c(-c4sc(Br)cc4CCCCCCCC)s3)c3nsnc23)cc1CCCCCCCC. The average Bonchev–Trinajstić information content (AvgIpc) is 4.14. The molecule has 0 atom stereocenters. The molecule has 0 fully saturated rings. The Kier molecular flexibility index (Phi) is 22.9. The van der Waals surface area contributed by atoms with Gasteiger partial charge in [0.25, 0.3) is 0 Å². The quantitative estimate of drug-likeness (QED) is 0.0394. The van der Waals surface area contributed by atoms with Gasteiger partial charge in [0.15, 0.2) is 0 Å². The summed E-state index contributed by atoms with van der Waals surface area (Å²) in [5.41, 5.74) is 10.7. The normalized spacial score (nSPS) is 11.8. The smallest absolute Gasteiger partial charge is 0.114 e. The summed E-state index contributed by atoms with van der Waals surface area (Å²) in [5, 5.41) is 0. The lowest BCUT2D eigenvalue weighted by molar-refractivity contribution is 0.607. The van der Waals surface area contributed by atoms with Crippen LogP contribution in [0.25, 0.3) is 51.4 Å². The summed E-state index contributed by atoms with van der Waals surface area (Å²) >= 11 is 17.1. The van der Waals surface area contributed by atoms with Crippen molar-refractivity contribution < 1.29 is 0 Å². The third kappa shape index (κ3) is 15.1. The molecule has 2 nitrogen and oxygen atoms in total. The van der Waals surface area contributed by atoms with Crippen LogP contribution in [0.1, 0.15) is 204 Å². The number of hydrogen-bond acceptors (Lipinski definition) is 7. The Morgan fingerprint density at radius 3 is 0.984 bits per heavy atom. The van der Waals surface area contributed by atoms with Crippen molar-refractivity contribution in [3.63, 3.8) is 0 Å². The van der Waals surface area contributed by atoms with E-state index in [1.807, 2.05) is 45.3 Å². The van der Waals surface area contributed by atoms with E-state index >= 15 is 0 Å². The second kappa shape index (κ2) is 28.2. The Balaban J connectivity index is 1.31. The monoisotopic (exact) mass is 1070 g/mol. The van der Waals surface area contributed by atoms with Crippen molar-refractivity contribution in [2.24, 2.45) is 0 Å². The topological polar surface area (TPSA) is 25.8 Å². The molecule has 5 heterocycles. The van der Waals surface area contributed by atoms with Crippen LogP contribution in [0.2, 0.25) is 0 Å². The van der Waals surface area contributed by atoms with Gasteiger partial charge in [-0.2, -0.15) is 8.75 Å². The van der Waals surface area contributed by atoms with E-state index in [0.29, 0.717) is 0 Å². The van der Waals surface area contributed by atoms with Crippen molar-refractivity contribution >= 4 is 100.0 Å². The molecule has 0 unspecified atom stereocenters. The minimum absolute atomic E-state index is 1.06. The van der Waals surface area contributed by atoms with E-state index in [1.54, 1.807) is 0 Å². The van der Waals surface area contributed by atoms with E-state index in [1.165, 1.54) is 236 Å². The predicted molar refractivity (Wildman–Crippen MR) is 294 cm³/mol. The molecule has 9 heteroatoms. The number of unbranched alkanes of at least 4 members (excludes halogenated alkanes) is 20. The fourth-order valence-corrected chi connectivity index (χ4v) is 15.9. The number of halogens is 2. The maximum Gasteiger partial charge on any atom is 0.114 e. The lowest BCUT2D eigenvalue weighted by atomic mass is 10.00. The summed E-state index contributed by atoms with van der Waals surface area (Å²) in [7, 11) is 0. The van der Waals surface area contributed by atoms with Crippen LogP contribution >= 0.6 is 88.9 Å². The molecule has 6 aromatic rings. The first kappa shape index (κ1) is 51.2. The van der Waals surface area contributed by atoms with Gasteiger partial charge < -0.3 is 0 Å². The van der Waals surface area contributed by atoms with Crippen molar-refractivity contribution in [2.45, 2.75) is 207 Å². The summed E-state index contributed by atoms with van der Waals surface area (Å²) in [6.07, 6.45) is 36.4. The summed E-state index contributed by atoms with van der Waals surface area (Å²) in [5.74, 6) is 0. The predicted octanol–water partition coefficient (Wildman–Crippen LogP) is 21.7. The second-order valence-corrected chi connectivity index (χ2v) is 25.4. The maximum atomic E-state index is 5.07. The van der Waals surface area contributed by atoms with Crippen LogP contribution in [-0.2, 0) is 25.7 Å². The van der Waals surface area contributed by atoms with Gasteiger partial charge in [0.2, 0.25) is 0 Å². The first-order valence-corrected chi connectivity index (χ1v) is 30.6. The van der Waals surface area contributed by atoms with E-state index in [0.717, 1.165) is 36.7 Å². The summed E-state index contributed by atoms with van der Waals surface area (Å²) in [4.78, 5) is 8.61. The maximum absolute atomic E-state index is 5.07. The Labute approximate surface area is 419 Å². The van der Waals surface area contributed by atoms with E-state index in [9.17, 15) is 0 Å². The number of benzene rings is 1. The van der Waals surface area contributed by atoms with Crippen molar-refractivity contribution in [3.8, 4) is 40.4 Å². The highest BCUT2D eigenvalue weighted by Gasteiger charge is 2.23. The summed E-state index contributed by atoms with van der Waals surface area (Å²) in [6, 6.07) is 14.7. The Morgan fingerprint density at radius 2 is 0.651 bits per heavy atom. The van der Waals surface area contributed by atoms with Gasteiger partial charge in [0.05, 0.1) is 19.3 Å². The van der Waals surface area contributed by atoms with Gasteiger partial charge in [-0.1, -0.05) is 168 Å². The second-order valence-electron chi connectivity index (χ2n) is 17.9. The molecule has 0 spiro atoms. The number of nitrogens with zero attached hydrogens (tertiary/aromatic N) is 2. The molecule has 6 rings (SSSR count). The minimum Gasteiger partial charge on any atom is -0.172 e. The molecule has 0 N–H and O–H groups in total. The zero-order valence-electron chi connectivity index (χ0n) is 39.0. The number of thiophene rings is 4. The molecule has 344 valence electrons. The van der Waals surface area contributed by atoms with Crippen LogP contribution in [0.4, 0.5) is 0 Å². The first-order valence-electron chi connectivity index (χ1n) is 25.0. The molecular weight excluding hydrogens is 997 g/mol. The number of aromatic nitrogens is 2. The van der Waals surface area contributed by atoms with Crippen molar-refractivity contribution in [1.82, 2.24) is 8.75 Å². The Hall–Kier alpha value is -1.20. The lowest BCUT2D eigenvalue weighted by Crippen LogP contribution is -1.90. The fraction of sp³-hybridized carbons (Fsp3) is 0.593. The number of aryl methyl sites for hydroxylation is 4. The van der Waals surface area contributed by atoms with Crippen molar-refractivity contribution in [2.75, 3.05) is 0 Å². The lowest BCUT2D eigenvalue weighted by Gasteiger charge is -2.06. The standard InChI is InChI=1S/C54H74Br2N2S5/c1-5-9-13-17-21-25-29-39-35-45(59-51(39)53-41(37-47(55)61-53)31-27-23-19-15-11-7-3)43-33-34-44(50-49(43)57-63-58-50)46-36-40(30-26-22-18-14-10-6-2)52(60-46)54-42(38-48(56)62-54)32-28-24-20-16-12-8-4/h33-38H,5-32H2,1-4H3. The molecule has 0 aliphatic rings. The van der Waals surface area contributed by atoms with Gasteiger partial charge in [-0.25, -0.2) is 0 Å². The van der Waals surface area contributed by atoms with Crippen LogP contribution in [0.15, 0.2) is 44.0 Å². The molecule has 1 aromatic carbocycles.